The first-order chi connectivity index (χ1) is 6.36. The van der Waals surface area contributed by atoms with Gasteiger partial charge in [0, 0.05) is 12.1 Å². The fraction of sp³-hybridized carbons (Fsp3) is 0.500. The summed E-state index contributed by atoms with van der Waals surface area (Å²) in [4.78, 5) is 0. The molecule has 0 fully saturated rings. The van der Waals surface area contributed by atoms with E-state index in [0.717, 1.165) is 12.8 Å². The summed E-state index contributed by atoms with van der Waals surface area (Å²) < 4.78 is 0. The smallest absolute Gasteiger partial charge is 0.0290 e. The van der Waals surface area contributed by atoms with Crippen molar-refractivity contribution in [2.45, 2.75) is 38.3 Å². The molecule has 1 aliphatic rings. The molecule has 1 N–H and O–H groups in total. The van der Waals surface area contributed by atoms with E-state index in [1.165, 1.54) is 6.42 Å². The second kappa shape index (κ2) is 5.76. The van der Waals surface area contributed by atoms with Crippen LogP contribution in [-0.2, 0) is 0 Å². The van der Waals surface area contributed by atoms with Crippen LogP contribution in [0.5, 0.6) is 0 Å². The first-order valence-electron chi connectivity index (χ1n) is 5.07. The topological polar surface area (TPSA) is 12.0 Å². The Hall–Kier alpha value is -0.820. The average molecular weight is 177 g/mol. The summed E-state index contributed by atoms with van der Waals surface area (Å²) in [6, 6.07) is 1.11. The largest absolute Gasteiger partial charge is 0.307 e. The van der Waals surface area contributed by atoms with Crippen LogP contribution in [0.15, 0.2) is 37.0 Å². The van der Waals surface area contributed by atoms with Gasteiger partial charge in [0.15, 0.2) is 0 Å². The zero-order valence-corrected chi connectivity index (χ0v) is 8.37. The molecule has 13 heavy (non-hydrogen) atoms. The molecule has 0 saturated carbocycles. The summed E-state index contributed by atoms with van der Waals surface area (Å²) in [5.74, 6) is 0. The molecule has 0 spiro atoms. The van der Waals surface area contributed by atoms with Crippen molar-refractivity contribution in [2.24, 2.45) is 0 Å². The third-order valence-electron chi connectivity index (χ3n) is 2.37. The van der Waals surface area contributed by atoms with Gasteiger partial charge in [-0.15, -0.1) is 6.58 Å². The van der Waals surface area contributed by atoms with Crippen LogP contribution >= 0.6 is 0 Å². The maximum Gasteiger partial charge on any atom is 0.0290 e. The van der Waals surface area contributed by atoms with Gasteiger partial charge in [-0.05, 0) is 19.3 Å². The molecule has 1 heteroatoms. The Morgan fingerprint density at radius 3 is 3.00 bits per heavy atom. The molecule has 0 aromatic rings. The Labute approximate surface area is 81.2 Å². The van der Waals surface area contributed by atoms with E-state index in [2.05, 4.69) is 43.1 Å². The van der Waals surface area contributed by atoms with Crippen molar-refractivity contribution in [1.29, 1.82) is 0 Å². The van der Waals surface area contributed by atoms with Crippen LogP contribution in [0.3, 0.4) is 0 Å². The number of allylic oxidation sites excluding steroid dienone is 2. The summed E-state index contributed by atoms with van der Waals surface area (Å²) >= 11 is 0. The van der Waals surface area contributed by atoms with Crippen LogP contribution in [0, 0.1) is 0 Å². The van der Waals surface area contributed by atoms with Crippen LogP contribution in [0.4, 0.5) is 0 Å². The molecule has 1 aliphatic carbocycles. The second-order valence-electron chi connectivity index (χ2n) is 3.45. The summed E-state index contributed by atoms with van der Waals surface area (Å²) in [7, 11) is 0. The molecular weight excluding hydrogens is 158 g/mol. The Kier molecular flexibility index (Phi) is 4.55. The van der Waals surface area contributed by atoms with Crippen molar-refractivity contribution in [1.82, 2.24) is 5.32 Å². The molecule has 0 radical (unpaired) electrons. The average Bonchev–Trinajstić information content (AvgIpc) is 2.19. The normalized spacial score (nSPS) is 23.0. The zero-order valence-electron chi connectivity index (χ0n) is 8.37. The number of hydrogen-bond acceptors (Lipinski definition) is 1. The Bertz CT molecular complexity index is 203. The van der Waals surface area contributed by atoms with E-state index in [-0.39, 0.29) is 0 Å². The highest BCUT2D eigenvalue weighted by Gasteiger charge is 2.09. The Morgan fingerprint density at radius 2 is 2.46 bits per heavy atom. The summed E-state index contributed by atoms with van der Waals surface area (Å²) in [5, 5.41) is 3.60. The number of rotatable bonds is 5. The molecule has 72 valence electrons. The maximum absolute atomic E-state index is 3.77. The zero-order chi connectivity index (χ0) is 9.52. The van der Waals surface area contributed by atoms with Gasteiger partial charge in [-0.2, -0.15) is 0 Å². The lowest BCUT2D eigenvalue weighted by molar-refractivity contribution is 0.460. The van der Waals surface area contributed by atoms with Crippen molar-refractivity contribution >= 4 is 0 Å². The summed E-state index contributed by atoms with van der Waals surface area (Å²) in [6.45, 7) is 5.98. The van der Waals surface area contributed by atoms with Gasteiger partial charge in [-0.3, -0.25) is 0 Å². The highest BCUT2D eigenvalue weighted by atomic mass is 14.9. The van der Waals surface area contributed by atoms with Gasteiger partial charge in [-0.1, -0.05) is 37.3 Å². The Balaban J connectivity index is 2.32. The highest BCUT2D eigenvalue weighted by molar-refractivity contribution is 5.13. The molecule has 0 bridgehead atoms. The summed E-state index contributed by atoms with van der Waals surface area (Å²) in [5.41, 5.74) is 0. The fourth-order valence-electron chi connectivity index (χ4n) is 1.56. The van der Waals surface area contributed by atoms with E-state index in [1.54, 1.807) is 0 Å². The lowest BCUT2D eigenvalue weighted by Gasteiger charge is -2.22. The molecule has 2 atom stereocenters. The minimum Gasteiger partial charge on any atom is -0.307 e. The molecule has 0 heterocycles. The van der Waals surface area contributed by atoms with E-state index in [1.807, 2.05) is 6.08 Å². The van der Waals surface area contributed by atoms with Gasteiger partial charge >= 0.3 is 0 Å². The lowest BCUT2D eigenvalue weighted by Crippen LogP contribution is -2.36. The van der Waals surface area contributed by atoms with Crippen LogP contribution in [0.1, 0.15) is 26.2 Å². The molecule has 0 amide bonds. The van der Waals surface area contributed by atoms with E-state index < -0.39 is 0 Å². The van der Waals surface area contributed by atoms with Gasteiger partial charge in [0.25, 0.3) is 0 Å². The molecule has 0 aromatic carbocycles. The minimum absolute atomic E-state index is 0.523. The van der Waals surface area contributed by atoms with Crippen molar-refractivity contribution in [3.8, 4) is 0 Å². The molecule has 1 rings (SSSR count). The van der Waals surface area contributed by atoms with E-state index in [9.17, 15) is 0 Å². The van der Waals surface area contributed by atoms with Crippen molar-refractivity contribution in [3.63, 3.8) is 0 Å². The van der Waals surface area contributed by atoms with Crippen LogP contribution in [-0.4, -0.2) is 12.1 Å². The molecule has 0 aliphatic heterocycles. The second-order valence-corrected chi connectivity index (χ2v) is 3.45. The van der Waals surface area contributed by atoms with Gasteiger partial charge in [-0.25, -0.2) is 0 Å². The van der Waals surface area contributed by atoms with Gasteiger partial charge < -0.3 is 5.32 Å². The van der Waals surface area contributed by atoms with Gasteiger partial charge in [0.1, 0.15) is 0 Å². The highest BCUT2D eigenvalue weighted by Crippen LogP contribution is 2.07. The number of hydrogen-bond donors (Lipinski definition) is 1. The molecule has 0 aromatic heterocycles. The SMILES string of the molecule is C=CCC(CC)NC1C=CC=CC1. The predicted molar refractivity (Wildman–Crippen MR) is 58.7 cm³/mol. The third-order valence-corrected chi connectivity index (χ3v) is 2.37. The van der Waals surface area contributed by atoms with Gasteiger partial charge in [0.2, 0.25) is 0 Å². The fourth-order valence-corrected chi connectivity index (χ4v) is 1.56. The molecule has 0 saturated heterocycles. The first-order valence-corrected chi connectivity index (χ1v) is 5.07. The quantitative estimate of drug-likeness (QED) is 0.637. The third kappa shape index (κ3) is 3.60. The lowest BCUT2D eigenvalue weighted by atomic mass is 10.1. The van der Waals surface area contributed by atoms with Crippen LogP contribution < -0.4 is 5.32 Å². The predicted octanol–water partition coefficient (Wildman–Crippen LogP) is 2.82. The van der Waals surface area contributed by atoms with Gasteiger partial charge in [0.05, 0.1) is 0 Å². The van der Waals surface area contributed by atoms with Crippen molar-refractivity contribution in [2.75, 3.05) is 0 Å². The summed E-state index contributed by atoms with van der Waals surface area (Å²) in [6.07, 6.45) is 14.0. The molecular formula is C12H19N. The minimum atomic E-state index is 0.523. The van der Waals surface area contributed by atoms with E-state index in [4.69, 9.17) is 0 Å². The maximum atomic E-state index is 3.77. The van der Waals surface area contributed by atoms with Crippen LogP contribution in [0.25, 0.3) is 0 Å². The Morgan fingerprint density at radius 1 is 1.62 bits per heavy atom. The van der Waals surface area contributed by atoms with E-state index >= 15 is 0 Å². The standard InChI is InChI=1S/C12H19N/c1-3-8-11(4-2)13-12-9-6-5-7-10-12/h3,5-7,9,11-13H,1,4,8,10H2,2H3. The monoisotopic (exact) mass is 177 g/mol. The van der Waals surface area contributed by atoms with Crippen molar-refractivity contribution < 1.29 is 0 Å². The number of nitrogens with one attached hydrogen (secondary N) is 1. The molecule has 1 nitrogen and oxygen atoms in total. The van der Waals surface area contributed by atoms with Crippen LogP contribution in [0.2, 0.25) is 0 Å². The van der Waals surface area contributed by atoms with E-state index in [0.29, 0.717) is 12.1 Å². The first kappa shape index (κ1) is 10.3. The molecule has 2 unspecified atom stereocenters. The van der Waals surface area contributed by atoms with Crippen molar-refractivity contribution in [3.05, 3.63) is 37.0 Å².